The van der Waals surface area contributed by atoms with Crippen LogP contribution < -0.4 is 10.9 Å². The second-order valence-electron chi connectivity index (χ2n) is 4.06. The van der Waals surface area contributed by atoms with E-state index in [1.807, 2.05) is 21.0 Å². The number of nitrogens with one attached hydrogen (secondary N) is 1. The van der Waals surface area contributed by atoms with Crippen LogP contribution in [-0.4, -0.2) is 41.1 Å². The average molecular weight is 224 g/mol. The number of hydrogen-bond acceptors (Lipinski definition) is 4. The molecule has 1 rings (SSSR count). The first kappa shape index (κ1) is 12.7. The van der Waals surface area contributed by atoms with Crippen LogP contribution in [0.4, 0.5) is 5.82 Å². The Morgan fingerprint density at radius 3 is 2.81 bits per heavy atom. The van der Waals surface area contributed by atoms with Gasteiger partial charge in [-0.05, 0) is 27.9 Å². The highest BCUT2D eigenvalue weighted by Gasteiger charge is 2.07. The maximum Gasteiger partial charge on any atom is 0.293 e. The smallest absolute Gasteiger partial charge is 0.293 e. The molecule has 0 bridgehead atoms. The lowest BCUT2D eigenvalue weighted by atomic mass is 10.3. The summed E-state index contributed by atoms with van der Waals surface area (Å²) in [7, 11) is 4.02. The first-order chi connectivity index (χ1) is 7.56. The molecule has 1 atom stereocenters. The van der Waals surface area contributed by atoms with Crippen LogP contribution >= 0.6 is 0 Å². The van der Waals surface area contributed by atoms with E-state index >= 15 is 0 Å². The lowest BCUT2D eigenvalue weighted by molar-refractivity contribution is 0.326. The van der Waals surface area contributed by atoms with Gasteiger partial charge in [0.1, 0.15) is 0 Å². The van der Waals surface area contributed by atoms with E-state index in [1.54, 1.807) is 17.0 Å². The quantitative estimate of drug-likeness (QED) is 0.797. The number of aromatic nitrogens is 2. The number of rotatable bonds is 5. The highest BCUT2D eigenvalue weighted by atomic mass is 16.1. The number of aryl methyl sites for hydroxylation is 1. The van der Waals surface area contributed by atoms with Crippen molar-refractivity contribution in [1.29, 1.82) is 0 Å². The molecule has 1 N–H and O–H groups in total. The van der Waals surface area contributed by atoms with Gasteiger partial charge in [-0.3, -0.25) is 4.79 Å². The van der Waals surface area contributed by atoms with Crippen molar-refractivity contribution < 1.29 is 0 Å². The van der Waals surface area contributed by atoms with Crippen LogP contribution in [0.5, 0.6) is 0 Å². The van der Waals surface area contributed by atoms with Gasteiger partial charge in [-0.1, -0.05) is 0 Å². The number of likely N-dealkylation sites (N-methyl/N-ethyl adjacent to an activating group) is 1. The van der Waals surface area contributed by atoms with Gasteiger partial charge in [0, 0.05) is 31.5 Å². The lowest BCUT2D eigenvalue weighted by Crippen LogP contribution is -2.34. The molecule has 1 unspecified atom stereocenters. The number of anilines is 1. The van der Waals surface area contributed by atoms with Crippen molar-refractivity contribution in [3.05, 3.63) is 22.7 Å². The van der Waals surface area contributed by atoms with E-state index in [4.69, 9.17) is 0 Å². The maximum atomic E-state index is 11.8. The normalized spacial score (nSPS) is 12.8. The van der Waals surface area contributed by atoms with E-state index < -0.39 is 0 Å². The Balaban J connectivity index is 2.71. The molecule has 1 heterocycles. The Bertz CT molecular complexity index is 386. The summed E-state index contributed by atoms with van der Waals surface area (Å²) in [4.78, 5) is 18.0. The molecule has 0 saturated heterocycles. The van der Waals surface area contributed by atoms with Crippen LogP contribution in [0.1, 0.15) is 13.8 Å². The summed E-state index contributed by atoms with van der Waals surface area (Å²) in [6.07, 6.45) is 3.34. The molecule has 0 aliphatic heterocycles. The molecule has 1 aromatic heterocycles. The molecule has 0 radical (unpaired) electrons. The van der Waals surface area contributed by atoms with Gasteiger partial charge in [-0.25, -0.2) is 4.98 Å². The summed E-state index contributed by atoms with van der Waals surface area (Å²) in [5.74, 6) is 0.429. The van der Waals surface area contributed by atoms with Crippen LogP contribution in [-0.2, 0) is 6.54 Å². The van der Waals surface area contributed by atoms with Crippen LogP contribution in [0, 0.1) is 0 Å². The molecule has 0 aliphatic rings. The van der Waals surface area contributed by atoms with Crippen molar-refractivity contribution >= 4 is 5.82 Å². The molecule has 0 aliphatic carbocycles. The van der Waals surface area contributed by atoms with E-state index in [-0.39, 0.29) is 5.56 Å². The average Bonchev–Trinajstić information content (AvgIpc) is 2.27. The molecule has 0 spiro atoms. The summed E-state index contributed by atoms with van der Waals surface area (Å²) >= 11 is 0. The topological polar surface area (TPSA) is 50.2 Å². The zero-order valence-corrected chi connectivity index (χ0v) is 10.4. The second-order valence-corrected chi connectivity index (χ2v) is 4.06. The monoisotopic (exact) mass is 224 g/mol. The molecule has 5 nitrogen and oxygen atoms in total. The molecule has 0 fully saturated rings. The highest BCUT2D eigenvalue weighted by Crippen LogP contribution is 1.96. The predicted octanol–water partition coefficient (Wildman–Crippen LogP) is 0.625. The zero-order chi connectivity index (χ0) is 12.1. The van der Waals surface area contributed by atoms with E-state index in [1.165, 1.54) is 0 Å². The maximum absolute atomic E-state index is 11.8. The van der Waals surface area contributed by atoms with Gasteiger partial charge in [0.2, 0.25) is 0 Å². The van der Waals surface area contributed by atoms with Crippen molar-refractivity contribution in [2.24, 2.45) is 0 Å². The molecular formula is C11H20N4O. The molecule has 0 amide bonds. The third kappa shape index (κ3) is 3.06. The predicted molar refractivity (Wildman–Crippen MR) is 65.8 cm³/mol. The van der Waals surface area contributed by atoms with Crippen molar-refractivity contribution in [1.82, 2.24) is 14.5 Å². The minimum atomic E-state index is -0.0593. The fraction of sp³-hybridized carbons (Fsp3) is 0.636. The Kier molecular flexibility index (Phi) is 4.49. The summed E-state index contributed by atoms with van der Waals surface area (Å²) in [6.45, 7) is 5.41. The largest absolute Gasteiger partial charge is 0.364 e. The van der Waals surface area contributed by atoms with Crippen LogP contribution in [0.2, 0.25) is 0 Å². The van der Waals surface area contributed by atoms with Gasteiger partial charge in [-0.15, -0.1) is 0 Å². The van der Waals surface area contributed by atoms with Gasteiger partial charge < -0.3 is 14.8 Å². The standard InChI is InChI=1S/C11H20N4O/c1-5-15-7-6-12-10(11(15)16)13-8-9(2)14(3)4/h6-7,9H,5,8H2,1-4H3,(H,12,13). The molecule has 16 heavy (non-hydrogen) atoms. The summed E-state index contributed by atoms with van der Waals surface area (Å²) < 4.78 is 1.63. The summed E-state index contributed by atoms with van der Waals surface area (Å²) in [5, 5.41) is 3.08. The molecule has 0 saturated carbocycles. The zero-order valence-electron chi connectivity index (χ0n) is 10.4. The molecule has 1 aromatic rings. The minimum absolute atomic E-state index is 0.0593. The third-order valence-corrected chi connectivity index (χ3v) is 2.70. The fourth-order valence-electron chi connectivity index (χ4n) is 1.24. The second kappa shape index (κ2) is 5.65. The van der Waals surface area contributed by atoms with Crippen molar-refractivity contribution in [2.75, 3.05) is 26.0 Å². The van der Waals surface area contributed by atoms with E-state index in [0.717, 1.165) is 0 Å². The van der Waals surface area contributed by atoms with Crippen LogP contribution in [0.3, 0.4) is 0 Å². The van der Waals surface area contributed by atoms with E-state index in [2.05, 4.69) is 22.1 Å². The SMILES string of the molecule is CCn1ccnc(NCC(C)N(C)C)c1=O. The Morgan fingerprint density at radius 2 is 2.25 bits per heavy atom. The number of hydrogen-bond donors (Lipinski definition) is 1. The highest BCUT2D eigenvalue weighted by molar-refractivity contribution is 5.30. The van der Waals surface area contributed by atoms with Gasteiger partial charge in [0.15, 0.2) is 5.82 Å². The third-order valence-electron chi connectivity index (χ3n) is 2.70. The molecule has 5 heteroatoms. The van der Waals surface area contributed by atoms with Gasteiger partial charge in [0.25, 0.3) is 5.56 Å². The van der Waals surface area contributed by atoms with Crippen LogP contribution in [0.25, 0.3) is 0 Å². The van der Waals surface area contributed by atoms with Crippen molar-refractivity contribution in [3.8, 4) is 0 Å². The minimum Gasteiger partial charge on any atom is -0.364 e. The summed E-state index contributed by atoms with van der Waals surface area (Å²) in [5.41, 5.74) is -0.0593. The van der Waals surface area contributed by atoms with Crippen LogP contribution in [0.15, 0.2) is 17.2 Å². The first-order valence-electron chi connectivity index (χ1n) is 5.52. The van der Waals surface area contributed by atoms with Crippen molar-refractivity contribution in [2.45, 2.75) is 26.4 Å². The van der Waals surface area contributed by atoms with Crippen molar-refractivity contribution in [3.63, 3.8) is 0 Å². The molecule has 90 valence electrons. The first-order valence-corrected chi connectivity index (χ1v) is 5.52. The van der Waals surface area contributed by atoms with E-state index in [0.29, 0.717) is 24.9 Å². The van der Waals surface area contributed by atoms with Gasteiger partial charge in [0.05, 0.1) is 0 Å². The lowest BCUT2D eigenvalue weighted by Gasteiger charge is -2.20. The molecule has 0 aromatic carbocycles. The molecular weight excluding hydrogens is 204 g/mol. The van der Waals surface area contributed by atoms with E-state index in [9.17, 15) is 4.79 Å². The fourth-order valence-corrected chi connectivity index (χ4v) is 1.24. The van der Waals surface area contributed by atoms with Gasteiger partial charge in [-0.2, -0.15) is 0 Å². The Morgan fingerprint density at radius 1 is 1.56 bits per heavy atom. The Labute approximate surface area is 96.1 Å². The number of nitrogens with zero attached hydrogens (tertiary/aromatic N) is 3. The van der Waals surface area contributed by atoms with Gasteiger partial charge >= 0.3 is 0 Å². The summed E-state index contributed by atoms with van der Waals surface area (Å²) in [6, 6.07) is 0.358. The Hall–Kier alpha value is -1.36.